The van der Waals surface area contributed by atoms with Crippen LogP contribution in [-0.2, 0) is 34.3 Å². The molecule has 3 rings (SSSR count). The molecule has 23 heavy (non-hydrogen) atoms. The van der Waals surface area contributed by atoms with Crippen LogP contribution in [0.3, 0.4) is 0 Å². The van der Waals surface area contributed by atoms with Crippen molar-refractivity contribution in [1.82, 2.24) is 14.7 Å². The van der Waals surface area contributed by atoms with E-state index < -0.39 is 10.0 Å². The second kappa shape index (κ2) is 5.97. The summed E-state index contributed by atoms with van der Waals surface area (Å²) in [6, 6.07) is 3.30. The fourth-order valence-corrected chi connectivity index (χ4v) is 5.17. The summed E-state index contributed by atoms with van der Waals surface area (Å²) in [6.07, 6.45) is 2.26. The lowest BCUT2D eigenvalue weighted by Crippen LogP contribution is -2.33. The Morgan fingerprint density at radius 3 is 2.96 bits per heavy atom. The summed E-state index contributed by atoms with van der Waals surface area (Å²) in [7, 11) is -3.64. The Hall–Kier alpha value is -1.87. The van der Waals surface area contributed by atoms with Crippen molar-refractivity contribution >= 4 is 33.1 Å². The van der Waals surface area contributed by atoms with Gasteiger partial charge >= 0.3 is 0 Å². The fourth-order valence-electron chi connectivity index (χ4n) is 2.57. The molecule has 0 spiro atoms. The monoisotopic (exact) mass is 354 g/mol. The minimum atomic E-state index is -3.64. The maximum Gasteiger partial charge on any atom is 0.272 e. The zero-order valence-corrected chi connectivity index (χ0v) is 14.6. The van der Waals surface area contributed by atoms with Crippen molar-refractivity contribution in [3.8, 4) is 0 Å². The molecule has 3 heterocycles. The van der Waals surface area contributed by atoms with Crippen molar-refractivity contribution in [2.45, 2.75) is 37.6 Å². The largest absolute Gasteiger partial charge is 0.338 e. The number of carbonyl (C=O) groups is 1. The smallest absolute Gasteiger partial charge is 0.272 e. The molecule has 0 fully saturated rings. The van der Waals surface area contributed by atoms with Gasteiger partial charge in [-0.05, 0) is 25.0 Å². The number of anilines is 1. The number of aromatic nitrogens is 2. The maximum absolute atomic E-state index is 12.6. The van der Waals surface area contributed by atoms with Crippen molar-refractivity contribution in [3.63, 3.8) is 0 Å². The van der Waals surface area contributed by atoms with E-state index in [4.69, 9.17) is 0 Å². The Labute approximate surface area is 139 Å². The van der Waals surface area contributed by atoms with Gasteiger partial charge in [-0.15, -0.1) is 11.3 Å². The van der Waals surface area contributed by atoms with Crippen LogP contribution in [0.25, 0.3) is 0 Å². The van der Waals surface area contributed by atoms with Gasteiger partial charge in [0, 0.05) is 37.5 Å². The molecule has 0 saturated heterocycles. The molecule has 0 unspecified atom stereocenters. The van der Waals surface area contributed by atoms with Crippen LogP contribution in [0.1, 0.15) is 24.3 Å². The highest BCUT2D eigenvalue weighted by atomic mass is 32.2. The van der Waals surface area contributed by atoms with Gasteiger partial charge in [-0.3, -0.25) is 9.52 Å². The molecule has 2 aromatic rings. The molecule has 0 saturated carbocycles. The first-order chi connectivity index (χ1) is 10.9. The number of fused-ring (bicyclic) bond motifs is 1. The van der Waals surface area contributed by atoms with Gasteiger partial charge in [0.1, 0.15) is 10.0 Å². The van der Waals surface area contributed by atoms with E-state index in [0.29, 0.717) is 31.9 Å². The quantitative estimate of drug-likeness (QED) is 0.905. The molecule has 9 heteroatoms. The Balaban J connectivity index is 1.86. The van der Waals surface area contributed by atoms with Gasteiger partial charge in [0.25, 0.3) is 10.0 Å². The lowest BCUT2D eigenvalue weighted by molar-refractivity contribution is -0.129. The standard InChI is InChI=1S/C14H18N4O3S2/c1-3-18-13(4-6-15-18)16-23(20,21)14-8-11-9-17(10(2)19)7-5-12(11)22-14/h4,6,8,16H,3,5,7,9H2,1-2H3. The summed E-state index contributed by atoms with van der Waals surface area (Å²) in [5.41, 5.74) is 0.917. The Morgan fingerprint density at radius 2 is 2.26 bits per heavy atom. The molecule has 0 radical (unpaired) electrons. The SMILES string of the molecule is CCn1nccc1NS(=O)(=O)c1cc2c(s1)CCN(C(C)=O)C2. The summed E-state index contributed by atoms with van der Waals surface area (Å²) < 4.78 is 29.6. The van der Waals surface area contributed by atoms with Crippen LogP contribution in [0.2, 0.25) is 0 Å². The second-order valence-electron chi connectivity index (χ2n) is 5.34. The molecule has 1 amide bonds. The summed E-state index contributed by atoms with van der Waals surface area (Å²) >= 11 is 1.27. The van der Waals surface area contributed by atoms with E-state index in [1.54, 1.807) is 27.9 Å². The number of hydrogen-bond acceptors (Lipinski definition) is 5. The Kier molecular flexibility index (Phi) is 4.15. The number of hydrogen-bond donors (Lipinski definition) is 1. The summed E-state index contributed by atoms with van der Waals surface area (Å²) in [5.74, 6) is 0.459. The van der Waals surface area contributed by atoms with Crippen LogP contribution in [0, 0.1) is 0 Å². The van der Waals surface area contributed by atoms with E-state index in [2.05, 4.69) is 9.82 Å². The van der Waals surface area contributed by atoms with Gasteiger partial charge in [-0.1, -0.05) is 0 Å². The van der Waals surface area contributed by atoms with Gasteiger partial charge in [-0.2, -0.15) is 5.10 Å². The molecule has 0 atom stereocenters. The van der Waals surface area contributed by atoms with E-state index in [-0.39, 0.29) is 10.1 Å². The van der Waals surface area contributed by atoms with Gasteiger partial charge in [0.05, 0.1) is 6.20 Å². The van der Waals surface area contributed by atoms with Gasteiger partial charge in [0.15, 0.2) is 0 Å². The van der Waals surface area contributed by atoms with Gasteiger partial charge in [-0.25, -0.2) is 13.1 Å². The molecule has 1 N–H and O–H groups in total. The minimum absolute atomic E-state index is 0.0104. The number of rotatable bonds is 4. The van der Waals surface area contributed by atoms with Crippen molar-refractivity contribution in [1.29, 1.82) is 0 Å². The number of amides is 1. The maximum atomic E-state index is 12.6. The van der Waals surface area contributed by atoms with Crippen LogP contribution in [0.4, 0.5) is 5.82 Å². The van der Waals surface area contributed by atoms with Gasteiger partial charge < -0.3 is 4.90 Å². The van der Waals surface area contributed by atoms with E-state index in [1.807, 2.05) is 6.92 Å². The van der Waals surface area contributed by atoms with E-state index in [0.717, 1.165) is 10.4 Å². The highest BCUT2D eigenvalue weighted by molar-refractivity contribution is 7.94. The predicted octanol–water partition coefficient (Wildman–Crippen LogP) is 1.67. The Morgan fingerprint density at radius 1 is 1.48 bits per heavy atom. The molecule has 1 aliphatic rings. The zero-order valence-electron chi connectivity index (χ0n) is 12.9. The Bertz CT molecular complexity index is 838. The van der Waals surface area contributed by atoms with Crippen LogP contribution in [-0.4, -0.2) is 35.6 Å². The van der Waals surface area contributed by atoms with E-state index in [9.17, 15) is 13.2 Å². The average Bonchev–Trinajstić information content (AvgIpc) is 3.12. The minimum Gasteiger partial charge on any atom is -0.338 e. The van der Waals surface area contributed by atoms with Crippen LogP contribution in [0.15, 0.2) is 22.5 Å². The normalized spacial score (nSPS) is 14.6. The highest BCUT2D eigenvalue weighted by Gasteiger charge is 2.26. The van der Waals surface area contributed by atoms with Crippen LogP contribution < -0.4 is 4.72 Å². The highest BCUT2D eigenvalue weighted by Crippen LogP contribution is 2.32. The number of aryl methyl sites for hydroxylation is 1. The number of sulfonamides is 1. The molecule has 124 valence electrons. The first-order valence-electron chi connectivity index (χ1n) is 7.32. The van der Waals surface area contributed by atoms with Crippen molar-refractivity contribution in [3.05, 3.63) is 28.8 Å². The molecule has 0 aliphatic carbocycles. The van der Waals surface area contributed by atoms with Crippen molar-refractivity contribution in [2.24, 2.45) is 0 Å². The second-order valence-corrected chi connectivity index (χ2v) is 8.39. The van der Waals surface area contributed by atoms with Crippen LogP contribution >= 0.6 is 11.3 Å². The lowest BCUT2D eigenvalue weighted by Gasteiger charge is -2.25. The van der Waals surface area contributed by atoms with E-state index in [1.165, 1.54) is 18.3 Å². The molecular weight excluding hydrogens is 336 g/mol. The number of nitrogens with zero attached hydrogens (tertiary/aromatic N) is 3. The van der Waals surface area contributed by atoms with Crippen LogP contribution in [0.5, 0.6) is 0 Å². The predicted molar refractivity (Wildman–Crippen MR) is 87.8 cm³/mol. The third kappa shape index (κ3) is 3.11. The van der Waals surface area contributed by atoms with Crippen molar-refractivity contribution in [2.75, 3.05) is 11.3 Å². The third-order valence-electron chi connectivity index (χ3n) is 3.81. The molecule has 0 bridgehead atoms. The average molecular weight is 354 g/mol. The first-order valence-corrected chi connectivity index (χ1v) is 9.62. The third-order valence-corrected chi connectivity index (χ3v) is 6.87. The first kappa shape index (κ1) is 16.0. The number of thiophene rings is 1. The number of carbonyl (C=O) groups excluding carboxylic acids is 1. The summed E-state index contributed by atoms with van der Waals surface area (Å²) in [5, 5.41) is 4.06. The lowest BCUT2D eigenvalue weighted by atomic mass is 10.1. The molecular formula is C14H18N4O3S2. The summed E-state index contributed by atoms with van der Waals surface area (Å²) in [6.45, 7) is 5.12. The van der Waals surface area contributed by atoms with Crippen molar-refractivity contribution < 1.29 is 13.2 Å². The number of nitrogens with one attached hydrogen (secondary N) is 1. The topological polar surface area (TPSA) is 84.3 Å². The zero-order chi connectivity index (χ0) is 16.6. The molecule has 1 aliphatic heterocycles. The molecule has 2 aromatic heterocycles. The van der Waals surface area contributed by atoms with Gasteiger partial charge in [0.2, 0.25) is 5.91 Å². The molecule has 7 nitrogen and oxygen atoms in total. The summed E-state index contributed by atoms with van der Waals surface area (Å²) in [4.78, 5) is 14.2. The van der Waals surface area contributed by atoms with E-state index >= 15 is 0 Å². The fraction of sp³-hybridized carbons (Fsp3) is 0.429. The molecule has 0 aromatic carbocycles.